The summed E-state index contributed by atoms with van der Waals surface area (Å²) in [7, 11) is 0. The minimum absolute atomic E-state index is 0.726. The highest BCUT2D eigenvalue weighted by Crippen LogP contribution is 2.23. The van der Waals surface area contributed by atoms with Gasteiger partial charge >= 0.3 is 0 Å². The highest BCUT2D eigenvalue weighted by molar-refractivity contribution is 4.82. The molecule has 0 aliphatic carbocycles. The van der Waals surface area contributed by atoms with E-state index in [1.165, 1.54) is 0 Å². The van der Waals surface area contributed by atoms with E-state index in [4.69, 9.17) is 0 Å². The minimum Gasteiger partial charge on any atom is -0.244 e. The summed E-state index contributed by atoms with van der Waals surface area (Å²) in [5.41, 5.74) is 0. The molecule has 0 rings (SSSR count). The summed E-state index contributed by atoms with van der Waals surface area (Å²) in [6.07, 6.45) is -4.96. The van der Waals surface area contributed by atoms with Gasteiger partial charge in [-0.1, -0.05) is 0 Å². The van der Waals surface area contributed by atoms with E-state index in [1.807, 2.05) is 0 Å². The van der Waals surface area contributed by atoms with Gasteiger partial charge in [-0.05, 0) is 6.92 Å². The van der Waals surface area contributed by atoms with Crippen LogP contribution >= 0.6 is 0 Å². The zero-order valence-corrected chi connectivity index (χ0v) is 4.87. The van der Waals surface area contributed by atoms with Crippen LogP contribution in [-0.2, 0) is 0 Å². The number of hydrogen-bond donors (Lipinski definition) is 0. The third kappa shape index (κ3) is 2.67. The Labute approximate surface area is 50.9 Å². The van der Waals surface area contributed by atoms with Crippen molar-refractivity contribution in [2.24, 2.45) is 0 Å². The maximum absolute atomic E-state index is 11.8. The molecule has 0 bridgehead atoms. The van der Waals surface area contributed by atoms with E-state index in [1.54, 1.807) is 0 Å². The molecule has 0 aromatic rings. The van der Waals surface area contributed by atoms with Crippen LogP contribution in [0.2, 0.25) is 0 Å². The molecule has 0 N–H and O–H groups in total. The molecule has 2 atom stereocenters. The first-order valence-electron chi connectivity index (χ1n) is 2.37. The van der Waals surface area contributed by atoms with Crippen molar-refractivity contribution in [3.8, 4) is 0 Å². The fourth-order valence-corrected chi connectivity index (χ4v) is 0.336. The molecule has 0 aromatic carbocycles. The number of alkyl halides is 4. The molecule has 0 saturated carbocycles. The van der Waals surface area contributed by atoms with Crippen LogP contribution in [0, 0.1) is 6.92 Å². The van der Waals surface area contributed by atoms with E-state index in [-0.39, 0.29) is 0 Å². The summed E-state index contributed by atoms with van der Waals surface area (Å²) in [5, 5.41) is 0. The molecule has 0 saturated heterocycles. The Morgan fingerprint density at radius 2 is 1.67 bits per heavy atom. The van der Waals surface area contributed by atoms with Gasteiger partial charge in [0.1, 0.15) is 6.17 Å². The van der Waals surface area contributed by atoms with E-state index in [0.717, 1.165) is 6.92 Å². The minimum atomic E-state index is -3.81. The van der Waals surface area contributed by atoms with E-state index >= 15 is 0 Å². The van der Waals surface area contributed by atoms with Gasteiger partial charge < -0.3 is 0 Å². The van der Waals surface area contributed by atoms with Crippen molar-refractivity contribution < 1.29 is 17.6 Å². The van der Waals surface area contributed by atoms with Crippen molar-refractivity contribution >= 4 is 0 Å². The molecule has 2 unspecified atom stereocenters. The van der Waals surface area contributed by atoms with Crippen LogP contribution < -0.4 is 0 Å². The molecule has 0 amide bonds. The first kappa shape index (κ1) is 8.72. The Morgan fingerprint density at radius 3 is 1.67 bits per heavy atom. The Kier molecular flexibility index (Phi) is 2.46. The van der Waals surface area contributed by atoms with Gasteiger partial charge in [0.2, 0.25) is 0 Å². The van der Waals surface area contributed by atoms with Crippen LogP contribution in [0.5, 0.6) is 0 Å². The summed E-state index contributed by atoms with van der Waals surface area (Å²) < 4.78 is 46.8. The molecule has 0 spiro atoms. The van der Waals surface area contributed by atoms with Gasteiger partial charge in [0, 0.05) is 6.92 Å². The Morgan fingerprint density at radius 1 is 1.33 bits per heavy atom. The Hall–Kier alpha value is -0.280. The van der Waals surface area contributed by atoms with Gasteiger partial charge in [-0.3, -0.25) is 0 Å². The molecule has 9 heavy (non-hydrogen) atoms. The molecular formula is C5H7F4. The largest absolute Gasteiger partial charge is 0.281 e. The molecule has 1 radical (unpaired) electrons. The molecular weight excluding hydrogens is 136 g/mol. The van der Waals surface area contributed by atoms with Crippen molar-refractivity contribution in [2.45, 2.75) is 25.2 Å². The van der Waals surface area contributed by atoms with Gasteiger partial charge in [-0.15, -0.1) is 0 Å². The second-order valence-corrected chi connectivity index (χ2v) is 1.84. The quantitative estimate of drug-likeness (QED) is 0.519. The maximum Gasteiger partial charge on any atom is 0.281 e. The summed E-state index contributed by atoms with van der Waals surface area (Å²) in [5.74, 6) is -3.81. The smallest absolute Gasteiger partial charge is 0.244 e. The van der Waals surface area contributed by atoms with Crippen molar-refractivity contribution in [1.29, 1.82) is 0 Å². The fourth-order valence-electron chi connectivity index (χ4n) is 0.336. The van der Waals surface area contributed by atoms with Crippen LogP contribution in [0.4, 0.5) is 17.6 Å². The second-order valence-electron chi connectivity index (χ2n) is 1.84. The van der Waals surface area contributed by atoms with Crippen LogP contribution in [-0.4, -0.2) is 18.3 Å². The lowest BCUT2D eigenvalue weighted by atomic mass is 10.2. The summed E-state index contributed by atoms with van der Waals surface area (Å²) in [4.78, 5) is 0. The summed E-state index contributed by atoms with van der Waals surface area (Å²) in [6, 6.07) is 0. The van der Waals surface area contributed by atoms with Crippen molar-refractivity contribution in [1.82, 2.24) is 0 Å². The molecule has 55 valence electrons. The lowest BCUT2D eigenvalue weighted by molar-refractivity contribution is -0.0588. The van der Waals surface area contributed by atoms with Crippen molar-refractivity contribution in [3.63, 3.8) is 0 Å². The van der Waals surface area contributed by atoms with Crippen LogP contribution in [0.25, 0.3) is 0 Å². The van der Waals surface area contributed by atoms with E-state index in [2.05, 4.69) is 6.92 Å². The van der Waals surface area contributed by atoms with E-state index < -0.39 is 18.3 Å². The van der Waals surface area contributed by atoms with E-state index in [9.17, 15) is 17.6 Å². The third-order valence-electron chi connectivity index (χ3n) is 0.807. The molecule has 0 fully saturated rings. The van der Waals surface area contributed by atoms with Crippen molar-refractivity contribution in [3.05, 3.63) is 6.92 Å². The zero-order valence-electron chi connectivity index (χ0n) is 4.87. The molecule has 0 aliphatic heterocycles. The second kappa shape index (κ2) is 2.54. The van der Waals surface area contributed by atoms with Gasteiger partial charge in [-0.25, -0.2) is 17.6 Å². The average Bonchev–Trinajstić information content (AvgIpc) is 1.62. The number of rotatable bonds is 2. The van der Waals surface area contributed by atoms with Gasteiger partial charge in [-0.2, -0.15) is 0 Å². The van der Waals surface area contributed by atoms with Crippen LogP contribution in [0.3, 0.4) is 0 Å². The normalized spacial score (nSPS) is 19.3. The first-order valence-corrected chi connectivity index (χ1v) is 2.37. The average molecular weight is 143 g/mol. The zero-order chi connectivity index (χ0) is 7.65. The van der Waals surface area contributed by atoms with Gasteiger partial charge in [0.15, 0.2) is 6.17 Å². The lowest BCUT2D eigenvalue weighted by Gasteiger charge is -2.15. The van der Waals surface area contributed by atoms with Crippen LogP contribution in [0.15, 0.2) is 0 Å². The molecule has 4 heteroatoms. The molecule has 0 aromatic heterocycles. The van der Waals surface area contributed by atoms with Crippen molar-refractivity contribution in [2.75, 3.05) is 0 Å². The predicted molar refractivity (Wildman–Crippen MR) is 25.8 cm³/mol. The monoisotopic (exact) mass is 143 g/mol. The topological polar surface area (TPSA) is 0 Å². The van der Waals surface area contributed by atoms with Gasteiger partial charge in [0.05, 0.1) is 0 Å². The number of halogens is 4. The maximum atomic E-state index is 11.8. The lowest BCUT2D eigenvalue weighted by Crippen LogP contribution is -2.33. The van der Waals surface area contributed by atoms with Crippen LogP contribution in [0.1, 0.15) is 6.92 Å². The standard InChI is InChI=1S/C5H7F4/c1-3(6)4(7)5(2,8)9/h3-4H,2H2,1H3. The fraction of sp³-hybridized carbons (Fsp3) is 0.800. The molecule has 0 aliphatic rings. The predicted octanol–water partition coefficient (Wildman–Crippen LogP) is 2.15. The van der Waals surface area contributed by atoms with E-state index in [0.29, 0.717) is 0 Å². The Balaban J connectivity index is 3.88. The molecule has 0 heterocycles. The SMILES string of the molecule is [CH2]C(F)(F)C(F)C(C)F. The highest BCUT2D eigenvalue weighted by atomic mass is 19.3. The summed E-state index contributed by atoms with van der Waals surface area (Å²) in [6.45, 7) is 2.87. The summed E-state index contributed by atoms with van der Waals surface area (Å²) >= 11 is 0. The third-order valence-corrected chi connectivity index (χ3v) is 0.807. The molecule has 0 nitrogen and oxygen atoms in total. The number of hydrogen-bond acceptors (Lipinski definition) is 0. The highest BCUT2D eigenvalue weighted by Gasteiger charge is 2.38. The Bertz CT molecular complexity index is 83.4. The van der Waals surface area contributed by atoms with Gasteiger partial charge in [0.25, 0.3) is 5.92 Å². The first-order chi connectivity index (χ1) is 3.85.